The Bertz CT molecular complexity index is 276. The van der Waals surface area contributed by atoms with E-state index in [1.807, 2.05) is 0 Å². The second-order valence-corrected chi connectivity index (χ2v) is 2.77. The Morgan fingerprint density at radius 2 is 1.79 bits per heavy atom. The predicted octanol–water partition coefficient (Wildman–Crippen LogP) is 2.01. The minimum atomic E-state index is -6.00. The number of aromatic amines is 1. The summed E-state index contributed by atoms with van der Waals surface area (Å²) in [4.78, 5) is 3.15. The van der Waals surface area contributed by atoms with Crippen LogP contribution < -0.4 is 4.57 Å². The largest absolute Gasteiger partial charge is 0.673 e. The maximum atomic E-state index is 9.75. The summed E-state index contributed by atoms with van der Waals surface area (Å²) in [6.45, 7) is 4.22. The Morgan fingerprint density at radius 3 is 1.93 bits per heavy atom. The third kappa shape index (κ3) is 5.61. The molecule has 7 heteroatoms. The molecule has 1 aromatic heterocycles. The van der Waals surface area contributed by atoms with E-state index in [4.69, 9.17) is 0 Å². The van der Waals surface area contributed by atoms with Crippen LogP contribution in [-0.4, -0.2) is 12.2 Å². The Balaban J connectivity index is 0.000000292. The van der Waals surface area contributed by atoms with Crippen molar-refractivity contribution in [1.82, 2.24) is 4.98 Å². The number of hydrogen-bond acceptors (Lipinski definition) is 0. The number of H-pyrrole nitrogens is 1. The number of hydrogen-bond donors (Lipinski definition) is 1. The summed E-state index contributed by atoms with van der Waals surface area (Å²) >= 11 is 0. The molecule has 0 aliphatic rings. The van der Waals surface area contributed by atoms with Gasteiger partial charge < -0.3 is 17.3 Å². The quantitative estimate of drug-likeness (QED) is 0.417. The summed E-state index contributed by atoms with van der Waals surface area (Å²) < 4.78 is 41.2. The van der Waals surface area contributed by atoms with Gasteiger partial charge in [0, 0.05) is 13.3 Å². The molecule has 0 amide bonds. The molecule has 0 spiro atoms. The number of aromatic nitrogens is 2. The average molecular weight is 212 g/mol. The Hall–Kier alpha value is -1.01. The van der Waals surface area contributed by atoms with Gasteiger partial charge in [-0.25, -0.2) is 9.55 Å². The summed E-state index contributed by atoms with van der Waals surface area (Å²) in [7, 11) is -3.93. The number of rotatable bonds is 1. The number of nitrogens with one attached hydrogen (secondary N) is 1. The Kier molecular flexibility index (Phi) is 4.66. The molecule has 0 aromatic carbocycles. The monoisotopic (exact) mass is 212 g/mol. The second-order valence-electron chi connectivity index (χ2n) is 2.77. The Labute approximate surface area is 80.1 Å². The van der Waals surface area contributed by atoms with Crippen molar-refractivity contribution in [2.45, 2.75) is 20.3 Å². The molecule has 0 radical (unpaired) electrons. The molecule has 1 heterocycles. The van der Waals surface area contributed by atoms with E-state index < -0.39 is 7.25 Å². The fraction of sp³-hybridized carbons (Fsp3) is 0.571. The fourth-order valence-electron chi connectivity index (χ4n) is 0.936. The number of imidazole rings is 1. The van der Waals surface area contributed by atoms with Gasteiger partial charge in [-0.15, -0.1) is 0 Å². The van der Waals surface area contributed by atoms with Crippen molar-refractivity contribution in [2.75, 3.05) is 0 Å². The van der Waals surface area contributed by atoms with Crippen LogP contribution in [0.2, 0.25) is 0 Å². The minimum absolute atomic E-state index is 1.10. The van der Waals surface area contributed by atoms with Crippen LogP contribution >= 0.6 is 0 Å². The standard InChI is InChI=1S/C7H12N2.BF4/c1-4-7-5-8-6(2)9(7)3;2-1(3,4)5/h5H,4H2,1-3H3;/q;-1/p+1. The van der Waals surface area contributed by atoms with Crippen LogP contribution in [-0.2, 0) is 13.5 Å². The number of halogens is 4. The maximum absolute atomic E-state index is 9.75. The summed E-state index contributed by atoms with van der Waals surface area (Å²) in [5, 5.41) is 0. The first-order valence-corrected chi connectivity index (χ1v) is 4.16. The molecule has 14 heavy (non-hydrogen) atoms. The molecular weight excluding hydrogens is 199 g/mol. The van der Waals surface area contributed by atoms with Gasteiger partial charge in [0.25, 0.3) is 5.82 Å². The lowest BCUT2D eigenvalue weighted by Crippen LogP contribution is -2.33. The first-order valence-electron chi connectivity index (χ1n) is 4.16. The van der Waals surface area contributed by atoms with Gasteiger partial charge in [0.15, 0.2) is 0 Å². The highest BCUT2D eigenvalue weighted by molar-refractivity contribution is 6.50. The van der Waals surface area contributed by atoms with Gasteiger partial charge in [0.05, 0.1) is 7.05 Å². The normalized spacial score (nSPS) is 10.8. The highest BCUT2D eigenvalue weighted by Gasteiger charge is 2.20. The van der Waals surface area contributed by atoms with Crippen LogP contribution in [0.1, 0.15) is 18.4 Å². The third-order valence-corrected chi connectivity index (χ3v) is 1.74. The third-order valence-electron chi connectivity index (χ3n) is 1.74. The molecule has 0 atom stereocenters. The van der Waals surface area contributed by atoms with E-state index in [2.05, 4.69) is 36.6 Å². The van der Waals surface area contributed by atoms with Crippen molar-refractivity contribution in [1.29, 1.82) is 0 Å². The van der Waals surface area contributed by atoms with Crippen molar-refractivity contribution < 1.29 is 21.8 Å². The predicted molar refractivity (Wildman–Crippen MR) is 46.3 cm³/mol. The minimum Gasteiger partial charge on any atom is -0.418 e. The highest BCUT2D eigenvalue weighted by atomic mass is 19.5. The molecule has 0 aliphatic carbocycles. The molecular formula is C7H13BF4N2. The van der Waals surface area contributed by atoms with Crippen LogP contribution in [0.4, 0.5) is 17.3 Å². The molecule has 0 saturated carbocycles. The molecule has 2 nitrogen and oxygen atoms in total. The van der Waals surface area contributed by atoms with E-state index in [9.17, 15) is 17.3 Å². The zero-order valence-corrected chi connectivity index (χ0v) is 8.32. The van der Waals surface area contributed by atoms with Crippen molar-refractivity contribution in [2.24, 2.45) is 7.05 Å². The van der Waals surface area contributed by atoms with Crippen LogP contribution in [0.25, 0.3) is 0 Å². The van der Waals surface area contributed by atoms with Gasteiger partial charge in [-0.3, -0.25) is 0 Å². The van der Waals surface area contributed by atoms with E-state index in [1.54, 1.807) is 0 Å². The van der Waals surface area contributed by atoms with Crippen LogP contribution in [0.15, 0.2) is 6.20 Å². The summed E-state index contributed by atoms with van der Waals surface area (Å²) in [5.41, 5.74) is 1.35. The highest BCUT2D eigenvalue weighted by Crippen LogP contribution is 2.06. The van der Waals surface area contributed by atoms with Crippen molar-refractivity contribution >= 4 is 7.25 Å². The van der Waals surface area contributed by atoms with E-state index in [0.717, 1.165) is 6.42 Å². The van der Waals surface area contributed by atoms with Gasteiger partial charge in [0.1, 0.15) is 11.9 Å². The topological polar surface area (TPSA) is 19.7 Å². The first-order chi connectivity index (χ1) is 6.25. The van der Waals surface area contributed by atoms with Crippen molar-refractivity contribution in [3.8, 4) is 0 Å². The molecule has 0 unspecified atom stereocenters. The van der Waals surface area contributed by atoms with E-state index >= 15 is 0 Å². The summed E-state index contributed by atoms with van der Waals surface area (Å²) in [6.07, 6.45) is 3.15. The molecule has 0 aliphatic heterocycles. The molecule has 1 N–H and O–H groups in total. The second kappa shape index (κ2) is 5.02. The van der Waals surface area contributed by atoms with Crippen LogP contribution in [0.5, 0.6) is 0 Å². The van der Waals surface area contributed by atoms with Crippen LogP contribution in [0, 0.1) is 6.92 Å². The van der Waals surface area contributed by atoms with Crippen molar-refractivity contribution in [3.05, 3.63) is 17.7 Å². The lowest BCUT2D eigenvalue weighted by molar-refractivity contribution is -0.683. The first kappa shape index (κ1) is 13.0. The van der Waals surface area contributed by atoms with E-state index in [0.29, 0.717) is 0 Å². The van der Waals surface area contributed by atoms with E-state index in [-0.39, 0.29) is 0 Å². The van der Waals surface area contributed by atoms with Gasteiger partial charge in [-0.05, 0) is 0 Å². The lowest BCUT2D eigenvalue weighted by Gasteiger charge is -1.94. The molecule has 0 fully saturated rings. The molecule has 0 saturated heterocycles. The fourth-order valence-corrected chi connectivity index (χ4v) is 0.936. The van der Waals surface area contributed by atoms with Gasteiger partial charge >= 0.3 is 7.25 Å². The molecule has 1 aromatic rings. The van der Waals surface area contributed by atoms with Gasteiger partial charge in [-0.2, -0.15) is 0 Å². The SMILES string of the molecule is CCc1c[nH]c(C)[n+]1C.F[B-](F)(F)F. The maximum Gasteiger partial charge on any atom is 0.673 e. The summed E-state index contributed by atoms with van der Waals surface area (Å²) in [5.74, 6) is 1.21. The molecule has 1 rings (SSSR count). The van der Waals surface area contributed by atoms with Gasteiger partial charge in [-0.1, -0.05) is 6.92 Å². The van der Waals surface area contributed by atoms with E-state index in [1.165, 1.54) is 11.5 Å². The summed E-state index contributed by atoms with van der Waals surface area (Å²) in [6, 6.07) is 0. The van der Waals surface area contributed by atoms with Crippen LogP contribution in [0.3, 0.4) is 0 Å². The number of nitrogens with zero attached hydrogens (tertiary/aromatic N) is 1. The molecule has 0 bridgehead atoms. The average Bonchev–Trinajstić information content (AvgIpc) is 2.30. The number of aryl methyl sites for hydroxylation is 2. The van der Waals surface area contributed by atoms with Crippen molar-refractivity contribution in [3.63, 3.8) is 0 Å². The van der Waals surface area contributed by atoms with Gasteiger partial charge in [0.2, 0.25) is 0 Å². The smallest absolute Gasteiger partial charge is 0.418 e. The zero-order chi connectivity index (χ0) is 11.4. The lowest BCUT2D eigenvalue weighted by atomic mass is 10.3. The Morgan fingerprint density at radius 1 is 1.36 bits per heavy atom. The molecule has 82 valence electrons. The zero-order valence-electron chi connectivity index (χ0n) is 8.32.